The number of hydrogen-bond donors (Lipinski definition) is 1. The number of nitrogens with zero attached hydrogens (tertiary/aromatic N) is 1. The Hall–Kier alpha value is -2.08. The number of aliphatic carboxylic acids is 1. The van der Waals surface area contributed by atoms with E-state index in [4.69, 9.17) is 14.6 Å². The van der Waals surface area contributed by atoms with E-state index in [0.717, 1.165) is 37.1 Å². The molecule has 0 saturated carbocycles. The average Bonchev–Trinajstić information content (AvgIpc) is 3.25. The molecule has 3 aliphatic heterocycles. The molecule has 4 atom stereocenters. The summed E-state index contributed by atoms with van der Waals surface area (Å²) in [7, 11) is 0. The smallest absolute Gasteiger partial charge is 0.341 e. The number of likely N-dealkylation sites (tertiary alicyclic amines) is 1. The summed E-state index contributed by atoms with van der Waals surface area (Å²) in [6.45, 7) is 4.86. The molecule has 6 nitrogen and oxygen atoms in total. The molecule has 1 aromatic carbocycles. The first-order chi connectivity index (χ1) is 11.9. The van der Waals surface area contributed by atoms with Gasteiger partial charge in [-0.25, -0.2) is 4.79 Å². The summed E-state index contributed by atoms with van der Waals surface area (Å²) in [5, 5.41) is 8.77. The largest absolute Gasteiger partial charge is 0.481 e. The number of carbonyl (C=O) groups is 2. The Balaban J connectivity index is 1.50. The normalized spacial score (nSPS) is 29.8. The zero-order valence-corrected chi connectivity index (χ0v) is 14.5. The Kier molecular flexibility index (Phi) is 3.95. The van der Waals surface area contributed by atoms with E-state index in [1.54, 1.807) is 12.1 Å². The average molecular weight is 345 g/mol. The highest BCUT2D eigenvalue weighted by molar-refractivity contribution is 5.95. The van der Waals surface area contributed by atoms with Gasteiger partial charge in [0.15, 0.2) is 6.61 Å². The van der Waals surface area contributed by atoms with Crippen LogP contribution < -0.4 is 4.74 Å². The molecular formula is C19H23NO5. The Morgan fingerprint density at radius 3 is 2.24 bits per heavy atom. The molecule has 2 bridgehead atoms. The molecule has 3 aliphatic rings. The van der Waals surface area contributed by atoms with E-state index in [1.807, 2.05) is 18.7 Å². The zero-order chi connectivity index (χ0) is 17.7. The molecule has 4 unspecified atom stereocenters. The molecule has 4 rings (SSSR count). The van der Waals surface area contributed by atoms with Crippen molar-refractivity contribution in [1.82, 2.24) is 4.90 Å². The van der Waals surface area contributed by atoms with Gasteiger partial charge < -0.3 is 19.5 Å². The van der Waals surface area contributed by atoms with Crippen LogP contribution in [0.25, 0.3) is 0 Å². The van der Waals surface area contributed by atoms with Crippen LogP contribution in [0.4, 0.5) is 0 Å². The second kappa shape index (κ2) is 6.02. The second-order valence-corrected chi connectivity index (χ2v) is 7.45. The van der Waals surface area contributed by atoms with Crippen LogP contribution in [-0.2, 0) is 9.53 Å². The Morgan fingerprint density at radius 1 is 1.16 bits per heavy atom. The lowest BCUT2D eigenvalue weighted by Gasteiger charge is -2.20. The number of amides is 1. The highest BCUT2D eigenvalue weighted by atomic mass is 16.5. The first-order valence-electron chi connectivity index (χ1n) is 8.84. The minimum atomic E-state index is -1.01. The lowest BCUT2D eigenvalue weighted by molar-refractivity contribution is -0.139. The number of rotatable bonds is 4. The minimum Gasteiger partial charge on any atom is -0.481 e. The van der Waals surface area contributed by atoms with E-state index in [-0.39, 0.29) is 12.5 Å². The number of carboxylic acids is 1. The van der Waals surface area contributed by atoms with Gasteiger partial charge in [0.1, 0.15) is 5.75 Å². The summed E-state index contributed by atoms with van der Waals surface area (Å²) in [4.78, 5) is 25.6. The quantitative estimate of drug-likeness (QED) is 0.903. The predicted octanol–water partition coefficient (Wildman–Crippen LogP) is 2.02. The number of carboxylic acid groups (broad SMARTS) is 1. The van der Waals surface area contributed by atoms with E-state index in [0.29, 0.717) is 35.4 Å². The van der Waals surface area contributed by atoms with Gasteiger partial charge in [-0.05, 0) is 49.9 Å². The highest BCUT2D eigenvalue weighted by Crippen LogP contribution is 2.47. The fraction of sp³-hybridized carbons (Fsp3) is 0.579. The number of benzene rings is 1. The maximum Gasteiger partial charge on any atom is 0.341 e. The van der Waals surface area contributed by atoms with Gasteiger partial charge in [0.25, 0.3) is 5.91 Å². The summed E-state index contributed by atoms with van der Waals surface area (Å²) in [5.41, 5.74) is 2.21. The molecule has 25 heavy (non-hydrogen) atoms. The molecular weight excluding hydrogens is 322 g/mol. The van der Waals surface area contributed by atoms with Crippen molar-refractivity contribution in [3.8, 4) is 5.75 Å². The fourth-order valence-corrected chi connectivity index (χ4v) is 4.74. The molecule has 0 radical (unpaired) electrons. The molecule has 1 amide bonds. The number of aryl methyl sites for hydroxylation is 2. The number of ether oxygens (including phenoxy) is 2. The Morgan fingerprint density at radius 2 is 1.72 bits per heavy atom. The predicted molar refractivity (Wildman–Crippen MR) is 89.8 cm³/mol. The maximum atomic E-state index is 12.9. The summed E-state index contributed by atoms with van der Waals surface area (Å²) in [6.07, 6.45) is 2.93. The molecule has 3 fully saturated rings. The van der Waals surface area contributed by atoms with Crippen LogP contribution >= 0.6 is 0 Å². The van der Waals surface area contributed by atoms with Crippen LogP contribution in [0.5, 0.6) is 5.75 Å². The third-order valence-electron chi connectivity index (χ3n) is 5.79. The molecule has 0 aromatic heterocycles. The standard InChI is InChI=1S/C19H23NO5/c1-10-5-12(6-11(2)18(10)24-9-17(21)22)19(23)20-7-13-14(8-20)16-4-3-15(13)25-16/h5-6,13-16H,3-4,7-9H2,1-2H3,(H,21,22). The van der Waals surface area contributed by atoms with Crippen LogP contribution in [0.2, 0.25) is 0 Å². The molecule has 3 heterocycles. The van der Waals surface area contributed by atoms with E-state index in [2.05, 4.69) is 0 Å². The van der Waals surface area contributed by atoms with Crippen molar-refractivity contribution >= 4 is 11.9 Å². The van der Waals surface area contributed by atoms with Crippen molar-refractivity contribution in [3.63, 3.8) is 0 Å². The first-order valence-corrected chi connectivity index (χ1v) is 8.84. The van der Waals surface area contributed by atoms with Gasteiger partial charge in [-0.3, -0.25) is 4.79 Å². The number of carbonyl (C=O) groups excluding carboxylic acids is 1. The van der Waals surface area contributed by atoms with Crippen molar-refractivity contribution in [3.05, 3.63) is 28.8 Å². The fourth-order valence-electron chi connectivity index (χ4n) is 4.74. The molecule has 6 heteroatoms. The third kappa shape index (κ3) is 2.78. The second-order valence-electron chi connectivity index (χ2n) is 7.45. The van der Waals surface area contributed by atoms with Crippen LogP contribution in [-0.4, -0.2) is 53.8 Å². The molecule has 1 N–H and O–H groups in total. The third-order valence-corrected chi connectivity index (χ3v) is 5.79. The molecule has 0 aliphatic carbocycles. The first kappa shape index (κ1) is 16.4. The maximum absolute atomic E-state index is 12.9. The summed E-state index contributed by atoms with van der Waals surface area (Å²) < 4.78 is 11.3. The lowest BCUT2D eigenvalue weighted by Crippen LogP contribution is -2.31. The Bertz CT molecular complexity index is 690. The van der Waals surface area contributed by atoms with Gasteiger partial charge in [0.05, 0.1) is 12.2 Å². The van der Waals surface area contributed by atoms with Gasteiger partial charge in [0, 0.05) is 30.5 Å². The molecule has 1 aromatic rings. The molecule has 3 saturated heterocycles. The highest BCUT2D eigenvalue weighted by Gasteiger charge is 2.53. The van der Waals surface area contributed by atoms with E-state index in [1.165, 1.54) is 0 Å². The van der Waals surface area contributed by atoms with Crippen molar-refractivity contribution in [1.29, 1.82) is 0 Å². The van der Waals surface area contributed by atoms with E-state index < -0.39 is 5.97 Å². The van der Waals surface area contributed by atoms with Crippen molar-refractivity contribution in [2.75, 3.05) is 19.7 Å². The monoisotopic (exact) mass is 345 g/mol. The van der Waals surface area contributed by atoms with E-state index >= 15 is 0 Å². The van der Waals surface area contributed by atoms with Crippen LogP contribution in [0, 0.1) is 25.7 Å². The minimum absolute atomic E-state index is 0.0461. The SMILES string of the molecule is Cc1cc(C(=O)N2CC3C4CCC(O4)C3C2)cc(C)c1OCC(=O)O. The van der Waals surface area contributed by atoms with Gasteiger partial charge in [-0.2, -0.15) is 0 Å². The van der Waals surface area contributed by atoms with Gasteiger partial charge in [-0.1, -0.05) is 0 Å². The van der Waals surface area contributed by atoms with Crippen LogP contribution in [0.1, 0.15) is 34.3 Å². The Labute approximate surface area is 146 Å². The van der Waals surface area contributed by atoms with E-state index in [9.17, 15) is 9.59 Å². The lowest BCUT2D eigenvalue weighted by atomic mass is 9.82. The molecule has 134 valence electrons. The summed E-state index contributed by atoms with van der Waals surface area (Å²) in [6, 6.07) is 3.59. The van der Waals surface area contributed by atoms with Gasteiger partial charge in [-0.15, -0.1) is 0 Å². The van der Waals surface area contributed by atoms with Gasteiger partial charge >= 0.3 is 5.97 Å². The zero-order valence-electron chi connectivity index (χ0n) is 14.5. The van der Waals surface area contributed by atoms with Crippen molar-refractivity contribution in [2.24, 2.45) is 11.8 Å². The summed E-state index contributed by atoms with van der Waals surface area (Å²) >= 11 is 0. The van der Waals surface area contributed by atoms with Crippen molar-refractivity contribution < 1.29 is 24.2 Å². The van der Waals surface area contributed by atoms with Crippen LogP contribution in [0.15, 0.2) is 12.1 Å². The number of hydrogen-bond acceptors (Lipinski definition) is 4. The van der Waals surface area contributed by atoms with Crippen LogP contribution in [0.3, 0.4) is 0 Å². The van der Waals surface area contributed by atoms with Gasteiger partial charge in [0.2, 0.25) is 0 Å². The van der Waals surface area contributed by atoms with Crippen molar-refractivity contribution in [2.45, 2.75) is 38.9 Å². The molecule has 0 spiro atoms. The topological polar surface area (TPSA) is 76.1 Å². The summed E-state index contributed by atoms with van der Waals surface area (Å²) in [5.74, 6) is 0.555. The number of fused-ring (bicyclic) bond motifs is 5.